The standard InChI is InChI=1S/C13H18N4S/c1-10-2-7-18-13(10)11-8-15-12(16-11)9-17-5-3-14-4-6-17/h2,7-8,14H,3-6,9H2,1H3,(H,15,16). The first-order valence-electron chi connectivity index (χ1n) is 6.34. The number of aromatic nitrogens is 2. The minimum Gasteiger partial charge on any atom is -0.340 e. The number of H-pyrrole nitrogens is 1. The molecule has 0 amide bonds. The van der Waals surface area contributed by atoms with Gasteiger partial charge in [-0.3, -0.25) is 4.90 Å². The molecule has 2 N–H and O–H groups in total. The van der Waals surface area contributed by atoms with Gasteiger partial charge in [-0.25, -0.2) is 4.98 Å². The minimum absolute atomic E-state index is 0.923. The molecular weight excluding hydrogens is 244 g/mol. The fourth-order valence-electron chi connectivity index (χ4n) is 2.29. The highest BCUT2D eigenvalue weighted by Gasteiger charge is 2.13. The first kappa shape index (κ1) is 11.9. The van der Waals surface area contributed by atoms with Crippen molar-refractivity contribution in [1.29, 1.82) is 0 Å². The number of piperazine rings is 1. The van der Waals surface area contributed by atoms with Crippen molar-refractivity contribution in [2.24, 2.45) is 0 Å². The monoisotopic (exact) mass is 262 g/mol. The van der Waals surface area contributed by atoms with Crippen LogP contribution in [0.3, 0.4) is 0 Å². The van der Waals surface area contributed by atoms with E-state index in [-0.39, 0.29) is 0 Å². The summed E-state index contributed by atoms with van der Waals surface area (Å²) in [5.41, 5.74) is 2.46. The molecule has 2 aromatic rings. The summed E-state index contributed by atoms with van der Waals surface area (Å²) in [5, 5.41) is 5.49. The molecule has 1 aliphatic heterocycles. The molecule has 0 aliphatic carbocycles. The zero-order valence-corrected chi connectivity index (χ0v) is 11.4. The smallest absolute Gasteiger partial charge is 0.120 e. The molecule has 1 saturated heterocycles. The zero-order valence-electron chi connectivity index (χ0n) is 10.6. The molecule has 0 atom stereocenters. The Labute approximate surface area is 111 Å². The first-order valence-corrected chi connectivity index (χ1v) is 7.22. The number of hydrogen-bond acceptors (Lipinski definition) is 4. The molecule has 2 aromatic heterocycles. The van der Waals surface area contributed by atoms with Crippen LogP contribution in [-0.2, 0) is 6.54 Å². The van der Waals surface area contributed by atoms with E-state index in [0.29, 0.717) is 0 Å². The van der Waals surface area contributed by atoms with Crippen LogP contribution in [0.15, 0.2) is 17.6 Å². The van der Waals surface area contributed by atoms with Crippen molar-refractivity contribution in [3.63, 3.8) is 0 Å². The van der Waals surface area contributed by atoms with Crippen molar-refractivity contribution in [3.05, 3.63) is 29.0 Å². The highest BCUT2D eigenvalue weighted by atomic mass is 32.1. The van der Waals surface area contributed by atoms with Gasteiger partial charge in [0.25, 0.3) is 0 Å². The van der Waals surface area contributed by atoms with Gasteiger partial charge in [-0.05, 0) is 23.9 Å². The second-order valence-electron chi connectivity index (χ2n) is 4.70. The molecule has 5 heteroatoms. The van der Waals surface area contributed by atoms with Gasteiger partial charge in [0, 0.05) is 26.2 Å². The molecule has 0 unspecified atom stereocenters. The third-order valence-electron chi connectivity index (χ3n) is 3.32. The van der Waals surface area contributed by atoms with Gasteiger partial charge in [0.15, 0.2) is 0 Å². The maximum Gasteiger partial charge on any atom is 0.120 e. The lowest BCUT2D eigenvalue weighted by Gasteiger charge is -2.26. The minimum atomic E-state index is 0.923. The number of imidazole rings is 1. The Hall–Kier alpha value is -1.17. The van der Waals surface area contributed by atoms with Gasteiger partial charge in [-0.1, -0.05) is 0 Å². The SMILES string of the molecule is Cc1ccsc1-c1cnc(CN2CCNCC2)[nH]1. The summed E-state index contributed by atoms with van der Waals surface area (Å²) in [6.45, 7) is 7.44. The van der Waals surface area contributed by atoms with Gasteiger partial charge in [0.05, 0.1) is 23.3 Å². The predicted octanol–water partition coefficient (Wildman–Crippen LogP) is 1.85. The zero-order chi connectivity index (χ0) is 12.4. The average molecular weight is 262 g/mol. The Bertz CT molecular complexity index is 511. The highest BCUT2D eigenvalue weighted by molar-refractivity contribution is 7.13. The maximum atomic E-state index is 4.50. The molecule has 4 nitrogen and oxygen atoms in total. The topological polar surface area (TPSA) is 44.0 Å². The molecule has 0 saturated carbocycles. The molecule has 3 heterocycles. The molecule has 3 rings (SSSR count). The molecule has 1 fully saturated rings. The molecule has 0 spiro atoms. The maximum absolute atomic E-state index is 4.50. The summed E-state index contributed by atoms with van der Waals surface area (Å²) < 4.78 is 0. The van der Waals surface area contributed by atoms with Gasteiger partial charge in [0.2, 0.25) is 0 Å². The molecule has 0 radical (unpaired) electrons. The Balaban J connectivity index is 1.71. The Morgan fingerprint density at radius 1 is 1.39 bits per heavy atom. The van der Waals surface area contributed by atoms with Crippen LogP contribution in [0.2, 0.25) is 0 Å². The van der Waals surface area contributed by atoms with Crippen LogP contribution in [0.4, 0.5) is 0 Å². The van der Waals surface area contributed by atoms with E-state index in [1.54, 1.807) is 11.3 Å². The van der Waals surface area contributed by atoms with E-state index in [9.17, 15) is 0 Å². The molecule has 1 aliphatic rings. The number of nitrogens with one attached hydrogen (secondary N) is 2. The van der Waals surface area contributed by atoms with Crippen molar-refractivity contribution in [2.45, 2.75) is 13.5 Å². The summed E-state index contributed by atoms with van der Waals surface area (Å²) in [4.78, 5) is 11.7. The van der Waals surface area contributed by atoms with Gasteiger partial charge in [-0.15, -0.1) is 11.3 Å². The van der Waals surface area contributed by atoms with E-state index in [4.69, 9.17) is 0 Å². The lowest BCUT2D eigenvalue weighted by molar-refractivity contribution is 0.228. The number of rotatable bonds is 3. The van der Waals surface area contributed by atoms with E-state index in [0.717, 1.165) is 44.2 Å². The normalized spacial score (nSPS) is 17.2. The van der Waals surface area contributed by atoms with E-state index in [1.165, 1.54) is 10.4 Å². The third kappa shape index (κ3) is 2.48. The molecule has 0 bridgehead atoms. The van der Waals surface area contributed by atoms with Crippen LogP contribution in [0.5, 0.6) is 0 Å². The lowest BCUT2D eigenvalue weighted by atomic mass is 10.2. The average Bonchev–Trinajstić information content (AvgIpc) is 2.99. The van der Waals surface area contributed by atoms with Gasteiger partial charge >= 0.3 is 0 Å². The predicted molar refractivity (Wildman–Crippen MR) is 74.8 cm³/mol. The third-order valence-corrected chi connectivity index (χ3v) is 4.37. The van der Waals surface area contributed by atoms with Crippen molar-refractivity contribution < 1.29 is 0 Å². The van der Waals surface area contributed by atoms with E-state index in [1.807, 2.05) is 6.20 Å². The van der Waals surface area contributed by atoms with Crippen molar-refractivity contribution >= 4 is 11.3 Å². The van der Waals surface area contributed by atoms with Crippen molar-refractivity contribution in [3.8, 4) is 10.6 Å². The number of thiophene rings is 1. The fraction of sp³-hybridized carbons (Fsp3) is 0.462. The Morgan fingerprint density at radius 2 is 2.22 bits per heavy atom. The first-order chi connectivity index (χ1) is 8.83. The second-order valence-corrected chi connectivity index (χ2v) is 5.62. The quantitative estimate of drug-likeness (QED) is 0.887. The van der Waals surface area contributed by atoms with E-state index < -0.39 is 0 Å². The van der Waals surface area contributed by atoms with Gasteiger partial charge < -0.3 is 10.3 Å². The van der Waals surface area contributed by atoms with Crippen LogP contribution < -0.4 is 5.32 Å². The highest BCUT2D eigenvalue weighted by Crippen LogP contribution is 2.27. The summed E-state index contributed by atoms with van der Waals surface area (Å²) in [6.07, 6.45) is 1.95. The second kappa shape index (κ2) is 5.22. The molecule has 96 valence electrons. The molecule has 0 aromatic carbocycles. The lowest BCUT2D eigenvalue weighted by Crippen LogP contribution is -2.43. The summed E-state index contributed by atoms with van der Waals surface area (Å²) >= 11 is 1.77. The number of aromatic amines is 1. The number of nitrogens with zero attached hydrogens (tertiary/aromatic N) is 2. The van der Waals surface area contributed by atoms with Crippen LogP contribution in [0.25, 0.3) is 10.6 Å². The summed E-state index contributed by atoms with van der Waals surface area (Å²) in [5.74, 6) is 1.07. The van der Waals surface area contributed by atoms with E-state index in [2.05, 4.69) is 38.6 Å². The Morgan fingerprint density at radius 3 is 2.94 bits per heavy atom. The largest absolute Gasteiger partial charge is 0.340 e. The Kier molecular flexibility index (Phi) is 3.45. The van der Waals surface area contributed by atoms with Crippen molar-refractivity contribution in [2.75, 3.05) is 26.2 Å². The van der Waals surface area contributed by atoms with Crippen LogP contribution in [0.1, 0.15) is 11.4 Å². The molecular formula is C13H18N4S. The number of aryl methyl sites for hydroxylation is 1. The van der Waals surface area contributed by atoms with Gasteiger partial charge in [0.1, 0.15) is 5.82 Å². The van der Waals surface area contributed by atoms with Crippen LogP contribution >= 0.6 is 11.3 Å². The number of hydrogen-bond donors (Lipinski definition) is 2. The fourth-order valence-corrected chi connectivity index (χ4v) is 3.18. The summed E-state index contributed by atoms with van der Waals surface area (Å²) in [6, 6.07) is 2.15. The summed E-state index contributed by atoms with van der Waals surface area (Å²) in [7, 11) is 0. The van der Waals surface area contributed by atoms with Crippen LogP contribution in [0, 0.1) is 6.92 Å². The van der Waals surface area contributed by atoms with Crippen LogP contribution in [-0.4, -0.2) is 41.0 Å². The van der Waals surface area contributed by atoms with Gasteiger partial charge in [-0.2, -0.15) is 0 Å². The molecule has 18 heavy (non-hydrogen) atoms. The van der Waals surface area contributed by atoms with E-state index >= 15 is 0 Å². The van der Waals surface area contributed by atoms with Crippen molar-refractivity contribution in [1.82, 2.24) is 20.2 Å².